The third-order valence-electron chi connectivity index (χ3n) is 5.03. The summed E-state index contributed by atoms with van der Waals surface area (Å²) in [7, 11) is 1.63. The number of aliphatic carboxylic acids is 1. The van der Waals surface area contributed by atoms with Crippen molar-refractivity contribution in [2.45, 2.75) is 51.2 Å². The second-order valence-electron chi connectivity index (χ2n) is 6.54. The summed E-state index contributed by atoms with van der Waals surface area (Å²) >= 11 is 0. The Morgan fingerprint density at radius 3 is 2.57 bits per heavy atom. The highest BCUT2D eigenvalue weighted by Crippen LogP contribution is 2.38. The average Bonchev–Trinajstić information content (AvgIpc) is 2.95. The van der Waals surface area contributed by atoms with Gasteiger partial charge in [0.2, 0.25) is 5.91 Å². The third kappa shape index (κ3) is 3.74. The van der Waals surface area contributed by atoms with E-state index in [0.29, 0.717) is 31.7 Å². The molecule has 21 heavy (non-hydrogen) atoms. The van der Waals surface area contributed by atoms with Crippen LogP contribution in [0.3, 0.4) is 0 Å². The highest BCUT2D eigenvalue weighted by molar-refractivity contribution is 5.83. The molecule has 2 atom stereocenters. The zero-order valence-electron chi connectivity index (χ0n) is 12.9. The van der Waals surface area contributed by atoms with Crippen molar-refractivity contribution < 1.29 is 19.4 Å². The molecule has 1 amide bonds. The van der Waals surface area contributed by atoms with E-state index in [9.17, 15) is 14.7 Å². The number of carboxylic acid groups (broad SMARTS) is 1. The molecule has 0 aromatic heterocycles. The van der Waals surface area contributed by atoms with Gasteiger partial charge in [-0.2, -0.15) is 0 Å². The fourth-order valence-corrected chi connectivity index (χ4v) is 3.24. The first-order valence-electron chi connectivity index (χ1n) is 7.74. The van der Waals surface area contributed by atoms with E-state index in [1.807, 2.05) is 0 Å². The zero-order chi connectivity index (χ0) is 15.5. The maximum Gasteiger partial charge on any atom is 0.311 e. The second kappa shape index (κ2) is 6.75. The van der Waals surface area contributed by atoms with Crippen LogP contribution in [0.15, 0.2) is 0 Å². The van der Waals surface area contributed by atoms with Crippen LogP contribution in [-0.2, 0) is 14.3 Å². The van der Waals surface area contributed by atoms with Gasteiger partial charge in [-0.3, -0.25) is 9.59 Å². The van der Waals surface area contributed by atoms with Gasteiger partial charge in [0.15, 0.2) is 0 Å². The van der Waals surface area contributed by atoms with Gasteiger partial charge in [0, 0.05) is 20.2 Å². The van der Waals surface area contributed by atoms with Crippen molar-refractivity contribution in [2.75, 3.05) is 20.2 Å². The van der Waals surface area contributed by atoms with Crippen molar-refractivity contribution in [2.24, 2.45) is 11.3 Å². The van der Waals surface area contributed by atoms with Crippen LogP contribution < -0.4 is 10.6 Å². The first kappa shape index (κ1) is 16.2. The number of hydrogen-bond acceptors (Lipinski definition) is 4. The van der Waals surface area contributed by atoms with Crippen molar-refractivity contribution >= 4 is 11.9 Å². The molecule has 2 fully saturated rings. The van der Waals surface area contributed by atoms with E-state index in [0.717, 1.165) is 12.8 Å². The molecule has 0 aromatic rings. The second-order valence-corrected chi connectivity index (χ2v) is 6.54. The lowest BCUT2D eigenvalue weighted by molar-refractivity contribution is -0.151. The van der Waals surface area contributed by atoms with Crippen LogP contribution in [-0.4, -0.2) is 49.3 Å². The summed E-state index contributed by atoms with van der Waals surface area (Å²) in [6.45, 7) is 3.04. The molecule has 1 aliphatic heterocycles. The van der Waals surface area contributed by atoms with E-state index in [1.165, 1.54) is 0 Å². The normalized spacial score (nSPS) is 36.4. The predicted molar refractivity (Wildman–Crippen MR) is 77.9 cm³/mol. The van der Waals surface area contributed by atoms with Crippen LogP contribution in [0.5, 0.6) is 0 Å². The fraction of sp³-hybridized carbons (Fsp3) is 0.867. The lowest BCUT2D eigenvalue weighted by atomic mass is 9.71. The first-order valence-corrected chi connectivity index (χ1v) is 7.74. The van der Waals surface area contributed by atoms with Crippen LogP contribution in [0.4, 0.5) is 0 Å². The number of carbonyl (C=O) groups excluding carboxylic acids is 1. The minimum absolute atomic E-state index is 0.0599. The summed E-state index contributed by atoms with van der Waals surface area (Å²) in [6.07, 6.45) is 3.81. The van der Waals surface area contributed by atoms with E-state index in [2.05, 4.69) is 17.6 Å². The summed E-state index contributed by atoms with van der Waals surface area (Å²) in [5.74, 6) is -0.329. The fourth-order valence-electron chi connectivity index (χ4n) is 3.24. The van der Waals surface area contributed by atoms with Gasteiger partial charge >= 0.3 is 5.97 Å². The standard InChI is InChI=1S/C15H26N2O4/c1-10-3-5-15(6-4-10,14(19)20)9-17-13(18)12-7-11(21-2)8-16-12/h10-12,16H,3-9H2,1-2H3,(H,17,18)(H,19,20). The summed E-state index contributed by atoms with van der Waals surface area (Å²) in [4.78, 5) is 23.8. The molecule has 1 saturated carbocycles. The van der Waals surface area contributed by atoms with Gasteiger partial charge < -0.3 is 20.5 Å². The number of rotatable bonds is 5. The van der Waals surface area contributed by atoms with Gasteiger partial charge in [0.05, 0.1) is 17.6 Å². The molecule has 2 aliphatic rings. The molecule has 0 aromatic carbocycles. The number of amides is 1. The highest BCUT2D eigenvalue weighted by Gasteiger charge is 2.42. The van der Waals surface area contributed by atoms with E-state index in [4.69, 9.17) is 4.74 Å². The quantitative estimate of drug-likeness (QED) is 0.697. The number of carbonyl (C=O) groups is 2. The van der Waals surface area contributed by atoms with Gasteiger partial charge in [-0.05, 0) is 38.0 Å². The monoisotopic (exact) mass is 298 g/mol. The molecule has 1 heterocycles. The summed E-state index contributed by atoms with van der Waals surface area (Å²) in [5, 5.41) is 15.5. The molecule has 0 bridgehead atoms. The molecule has 6 nitrogen and oxygen atoms in total. The Hall–Kier alpha value is -1.14. The topological polar surface area (TPSA) is 87.7 Å². The number of methoxy groups -OCH3 is 1. The van der Waals surface area contributed by atoms with Gasteiger partial charge in [-0.15, -0.1) is 0 Å². The van der Waals surface area contributed by atoms with Crippen LogP contribution in [0.2, 0.25) is 0 Å². The van der Waals surface area contributed by atoms with Crippen LogP contribution >= 0.6 is 0 Å². The Balaban J connectivity index is 1.88. The van der Waals surface area contributed by atoms with Crippen molar-refractivity contribution in [3.05, 3.63) is 0 Å². The van der Waals surface area contributed by atoms with E-state index in [-0.39, 0.29) is 24.6 Å². The Morgan fingerprint density at radius 1 is 1.38 bits per heavy atom. The van der Waals surface area contributed by atoms with Crippen LogP contribution in [0.1, 0.15) is 39.0 Å². The van der Waals surface area contributed by atoms with Gasteiger partial charge in [-0.25, -0.2) is 0 Å². The zero-order valence-corrected chi connectivity index (χ0v) is 12.9. The minimum Gasteiger partial charge on any atom is -0.481 e. The molecule has 3 N–H and O–H groups in total. The van der Waals surface area contributed by atoms with Crippen LogP contribution in [0.25, 0.3) is 0 Å². The van der Waals surface area contributed by atoms with Crippen molar-refractivity contribution in [1.82, 2.24) is 10.6 Å². The summed E-state index contributed by atoms with van der Waals surface area (Å²) in [5.41, 5.74) is -0.790. The highest BCUT2D eigenvalue weighted by atomic mass is 16.5. The summed E-state index contributed by atoms with van der Waals surface area (Å²) < 4.78 is 5.22. The molecule has 1 aliphatic carbocycles. The van der Waals surface area contributed by atoms with Crippen molar-refractivity contribution in [3.63, 3.8) is 0 Å². The third-order valence-corrected chi connectivity index (χ3v) is 5.03. The van der Waals surface area contributed by atoms with Gasteiger partial charge in [-0.1, -0.05) is 6.92 Å². The molecule has 6 heteroatoms. The summed E-state index contributed by atoms with van der Waals surface area (Å²) in [6, 6.07) is -0.275. The minimum atomic E-state index is -0.790. The number of ether oxygens (including phenoxy) is 1. The van der Waals surface area contributed by atoms with E-state index < -0.39 is 11.4 Å². The van der Waals surface area contributed by atoms with E-state index in [1.54, 1.807) is 7.11 Å². The predicted octanol–water partition coefficient (Wildman–Crippen LogP) is 0.761. The van der Waals surface area contributed by atoms with Crippen LogP contribution in [0, 0.1) is 11.3 Å². The first-order chi connectivity index (χ1) is 9.97. The lowest BCUT2D eigenvalue weighted by Crippen LogP contribution is -2.49. The molecule has 2 rings (SSSR count). The smallest absolute Gasteiger partial charge is 0.311 e. The van der Waals surface area contributed by atoms with Gasteiger partial charge in [0.25, 0.3) is 0 Å². The molecule has 0 radical (unpaired) electrons. The maximum atomic E-state index is 12.2. The Bertz CT molecular complexity index is 391. The Kier molecular flexibility index (Phi) is 5.22. The molecule has 2 unspecified atom stereocenters. The van der Waals surface area contributed by atoms with E-state index >= 15 is 0 Å². The maximum absolute atomic E-state index is 12.2. The largest absolute Gasteiger partial charge is 0.481 e. The number of nitrogens with one attached hydrogen (secondary N) is 2. The lowest BCUT2D eigenvalue weighted by Gasteiger charge is -2.36. The number of hydrogen-bond donors (Lipinski definition) is 3. The molecule has 0 spiro atoms. The molecular formula is C15H26N2O4. The van der Waals surface area contributed by atoms with Gasteiger partial charge in [0.1, 0.15) is 0 Å². The molecule has 1 saturated heterocycles. The average molecular weight is 298 g/mol. The SMILES string of the molecule is COC1CNC(C(=O)NCC2(C(=O)O)CCC(C)CC2)C1. The molecular weight excluding hydrogens is 272 g/mol. The Morgan fingerprint density at radius 2 is 2.05 bits per heavy atom. The molecule has 120 valence electrons. The number of carboxylic acids is 1. The van der Waals surface area contributed by atoms with Crippen molar-refractivity contribution in [1.29, 1.82) is 0 Å². The van der Waals surface area contributed by atoms with Crippen molar-refractivity contribution in [3.8, 4) is 0 Å². The Labute approximate surface area is 125 Å².